The zero-order chi connectivity index (χ0) is 14.3. The van der Waals surface area contributed by atoms with Crippen molar-refractivity contribution in [3.8, 4) is 0 Å². The second-order valence-corrected chi connectivity index (χ2v) is 5.48. The summed E-state index contributed by atoms with van der Waals surface area (Å²) < 4.78 is 5.01. The standard InChI is InChI=1S/C13H17Cl2NO2S/c1-18-8-7-16(6-5-14)13(17)11-9-10(19-2)3-4-12(11)15/h3-4,9H,5-8H2,1-2H3. The second-order valence-electron chi connectivity index (χ2n) is 3.82. The minimum Gasteiger partial charge on any atom is -0.383 e. The van der Waals surface area contributed by atoms with Crippen LogP contribution in [0, 0.1) is 0 Å². The topological polar surface area (TPSA) is 29.5 Å². The molecule has 1 aromatic rings. The molecular weight excluding hydrogens is 305 g/mol. The van der Waals surface area contributed by atoms with Crippen molar-refractivity contribution in [1.82, 2.24) is 4.90 Å². The molecule has 0 aliphatic carbocycles. The van der Waals surface area contributed by atoms with Gasteiger partial charge < -0.3 is 9.64 Å². The number of nitrogens with zero attached hydrogens (tertiary/aromatic N) is 1. The van der Waals surface area contributed by atoms with E-state index in [0.717, 1.165) is 4.90 Å². The molecule has 0 aliphatic heterocycles. The van der Waals surface area contributed by atoms with E-state index in [1.807, 2.05) is 18.4 Å². The van der Waals surface area contributed by atoms with Crippen molar-refractivity contribution in [1.29, 1.82) is 0 Å². The summed E-state index contributed by atoms with van der Waals surface area (Å²) in [5.41, 5.74) is 0.509. The maximum Gasteiger partial charge on any atom is 0.255 e. The zero-order valence-corrected chi connectivity index (χ0v) is 13.3. The van der Waals surface area contributed by atoms with Gasteiger partial charge in [0, 0.05) is 31.0 Å². The summed E-state index contributed by atoms with van der Waals surface area (Å²) in [6.07, 6.45) is 1.96. The third-order valence-corrected chi connectivity index (χ3v) is 3.83. The molecule has 0 bridgehead atoms. The molecule has 0 atom stereocenters. The molecule has 0 fully saturated rings. The number of rotatable bonds is 7. The first kappa shape index (κ1) is 16.6. The lowest BCUT2D eigenvalue weighted by atomic mass is 10.2. The first-order valence-corrected chi connectivity index (χ1v) is 7.95. The quantitative estimate of drug-likeness (QED) is 0.569. The number of halogens is 2. The van der Waals surface area contributed by atoms with Crippen molar-refractivity contribution in [2.75, 3.05) is 38.9 Å². The Morgan fingerprint density at radius 2 is 2.16 bits per heavy atom. The van der Waals surface area contributed by atoms with Gasteiger partial charge in [0.2, 0.25) is 0 Å². The number of alkyl halides is 1. The molecule has 19 heavy (non-hydrogen) atoms. The first-order chi connectivity index (χ1) is 9.13. The molecule has 0 spiro atoms. The highest BCUT2D eigenvalue weighted by Crippen LogP contribution is 2.24. The lowest BCUT2D eigenvalue weighted by molar-refractivity contribution is 0.0707. The van der Waals surface area contributed by atoms with Crippen LogP contribution in [0.4, 0.5) is 0 Å². The average molecular weight is 322 g/mol. The maximum absolute atomic E-state index is 12.4. The molecule has 0 saturated heterocycles. The second kappa shape index (κ2) is 8.69. The number of amides is 1. The Hall–Kier alpha value is -0.420. The monoisotopic (exact) mass is 321 g/mol. The van der Waals surface area contributed by atoms with Crippen molar-refractivity contribution < 1.29 is 9.53 Å². The van der Waals surface area contributed by atoms with Gasteiger partial charge in [-0.1, -0.05) is 11.6 Å². The SMILES string of the molecule is COCCN(CCCl)C(=O)c1cc(SC)ccc1Cl. The largest absolute Gasteiger partial charge is 0.383 e. The Bertz CT molecular complexity index is 429. The molecule has 0 saturated carbocycles. The van der Waals surface area contributed by atoms with Crippen LogP contribution in [0.15, 0.2) is 23.1 Å². The summed E-state index contributed by atoms with van der Waals surface area (Å²) in [5.74, 6) is 0.272. The first-order valence-electron chi connectivity index (χ1n) is 5.81. The molecular formula is C13H17Cl2NO2S. The Morgan fingerprint density at radius 1 is 1.42 bits per heavy atom. The molecule has 0 N–H and O–H groups in total. The molecule has 1 aromatic carbocycles. The Balaban J connectivity index is 2.94. The van der Waals surface area contributed by atoms with Crippen LogP contribution >= 0.6 is 35.0 Å². The highest BCUT2D eigenvalue weighted by Gasteiger charge is 2.18. The number of carbonyl (C=O) groups excluding carboxylic acids is 1. The summed E-state index contributed by atoms with van der Waals surface area (Å²) in [7, 11) is 1.60. The fourth-order valence-corrected chi connectivity index (χ4v) is 2.43. The summed E-state index contributed by atoms with van der Waals surface area (Å²) in [4.78, 5) is 15.1. The summed E-state index contributed by atoms with van der Waals surface area (Å²) in [5, 5.41) is 0.458. The Morgan fingerprint density at radius 3 is 2.74 bits per heavy atom. The van der Waals surface area contributed by atoms with Crippen LogP contribution in [-0.4, -0.2) is 49.7 Å². The predicted molar refractivity (Wildman–Crippen MR) is 81.7 cm³/mol. The van der Waals surface area contributed by atoms with Gasteiger partial charge in [-0.25, -0.2) is 0 Å². The lowest BCUT2D eigenvalue weighted by Gasteiger charge is -2.22. The van der Waals surface area contributed by atoms with Crippen LogP contribution in [-0.2, 0) is 4.74 Å². The smallest absolute Gasteiger partial charge is 0.255 e. The van der Waals surface area contributed by atoms with Gasteiger partial charge in [0.15, 0.2) is 0 Å². The van der Waals surface area contributed by atoms with Gasteiger partial charge in [-0.3, -0.25) is 4.79 Å². The molecule has 0 heterocycles. The third kappa shape index (κ3) is 4.88. The molecule has 6 heteroatoms. The molecule has 3 nitrogen and oxygen atoms in total. The number of benzene rings is 1. The summed E-state index contributed by atoms with van der Waals surface area (Å²) in [6.45, 7) is 1.45. The molecule has 0 aromatic heterocycles. The van der Waals surface area contributed by atoms with Crippen LogP contribution < -0.4 is 0 Å². The summed E-state index contributed by atoms with van der Waals surface area (Å²) in [6, 6.07) is 5.45. The highest BCUT2D eigenvalue weighted by atomic mass is 35.5. The van der Waals surface area contributed by atoms with E-state index in [2.05, 4.69) is 0 Å². The van der Waals surface area contributed by atoms with Crippen molar-refractivity contribution >= 4 is 40.9 Å². The van der Waals surface area contributed by atoms with Crippen LogP contribution in [0.1, 0.15) is 10.4 Å². The van der Waals surface area contributed by atoms with Gasteiger partial charge in [-0.15, -0.1) is 23.4 Å². The normalized spacial score (nSPS) is 10.5. The number of ether oxygens (including phenoxy) is 1. The van der Waals surface area contributed by atoms with Crippen molar-refractivity contribution in [2.24, 2.45) is 0 Å². The highest BCUT2D eigenvalue weighted by molar-refractivity contribution is 7.98. The number of methoxy groups -OCH3 is 1. The van der Waals surface area contributed by atoms with Crippen molar-refractivity contribution in [2.45, 2.75) is 4.90 Å². The van der Waals surface area contributed by atoms with E-state index in [1.165, 1.54) is 0 Å². The van der Waals surface area contributed by atoms with Crippen LogP contribution in [0.3, 0.4) is 0 Å². The fourth-order valence-electron chi connectivity index (χ4n) is 1.58. The van der Waals surface area contributed by atoms with Crippen LogP contribution in [0.5, 0.6) is 0 Å². The van der Waals surface area contributed by atoms with E-state index in [4.69, 9.17) is 27.9 Å². The van der Waals surface area contributed by atoms with E-state index in [0.29, 0.717) is 36.2 Å². The zero-order valence-electron chi connectivity index (χ0n) is 11.0. The Labute approximate surface area is 128 Å². The van der Waals surface area contributed by atoms with E-state index in [9.17, 15) is 4.79 Å². The van der Waals surface area contributed by atoms with E-state index >= 15 is 0 Å². The number of hydrogen-bond acceptors (Lipinski definition) is 3. The van der Waals surface area contributed by atoms with Gasteiger partial charge in [0.1, 0.15) is 0 Å². The summed E-state index contributed by atoms with van der Waals surface area (Å²) >= 11 is 13.4. The van der Waals surface area contributed by atoms with E-state index in [-0.39, 0.29) is 5.91 Å². The molecule has 106 valence electrons. The third-order valence-electron chi connectivity index (χ3n) is 2.61. The van der Waals surface area contributed by atoms with Crippen molar-refractivity contribution in [3.05, 3.63) is 28.8 Å². The van der Waals surface area contributed by atoms with Gasteiger partial charge >= 0.3 is 0 Å². The van der Waals surface area contributed by atoms with Gasteiger partial charge in [0.25, 0.3) is 5.91 Å². The molecule has 0 radical (unpaired) electrons. The van der Waals surface area contributed by atoms with E-state index in [1.54, 1.807) is 29.8 Å². The number of carbonyl (C=O) groups is 1. The lowest BCUT2D eigenvalue weighted by Crippen LogP contribution is -2.35. The van der Waals surface area contributed by atoms with Crippen LogP contribution in [0.25, 0.3) is 0 Å². The van der Waals surface area contributed by atoms with Gasteiger partial charge in [-0.05, 0) is 24.5 Å². The number of thioether (sulfide) groups is 1. The fraction of sp³-hybridized carbons (Fsp3) is 0.462. The molecule has 0 unspecified atom stereocenters. The predicted octanol–water partition coefficient (Wildman–Crippen LogP) is 3.39. The molecule has 0 aliphatic rings. The minimum atomic E-state index is -0.112. The van der Waals surface area contributed by atoms with Crippen LogP contribution in [0.2, 0.25) is 5.02 Å². The van der Waals surface area contributed by atoms with Crippen molar-refractivity contribution in [3.63, 3.8) is 0 Å². The van der Waals surface area contributed by atoms with E-state index < -0.39 is 0 Å². The average Bonchev–Trinajstić information content (AvgIpc) is 2.43. The molecule has 1 amide bonds. The number of hydrogen-bond donors (Lipinski definition) is 0. The molecule has 1 rings (SSSR count). The van der Waals surface area contributed by atoms with Gasteiger partial charge in [0.05, 0.1) is 17.2 Å². The van der Waals surface area contributed by atoms with Gasteiger partial charge in [-0.2, -0.15) is 0 Å². The maximum atomic E-state index is 12.4. The minimum absolute atomic E-state index is 0.112. The Kier molecular flexibility index (Phi) is 7.61.